The summed E-state index contributed by atoms with van der Waals surface area (Å²) in [6.45, 7) is 0. The largest absolute Gasteiger partial charge is 0.451 e. The van der Waals surface area contributed by atoms with Gasteiger partial charge in [0.25, 0.3) is 0 Å². The first kappa shape index (κ1) is 26.0. The predicted octanol–water partition coefficient (Wildman–Crippen LogP) is 10.2. The van der Waals surface area contributed by atoms with Gasteiger partial charge in [0, 0.05) is 47.0 Å². The van der Waals surface area contributed by atoms with E-state index < -0.39 is 0 Å². The first-order valence-corrected chi connectivity index (χ1v) is 15.0. The number of hydrogen-bond acceptors (Lipinski definition) is 6. The third-order valence-corrected chi connectivity index (χ3v) is 8.63. The van der Waals surface area contributed by atoms with E-state index in [1.807, 2.05) is 24.8 Å². The Kier molecular flexibility index (Phi) is 6.03. The summed E-state index contributed by atoms with van der Waals surface area (Å²) in [5.74, 6) is 0. The van der Waals surface area contributed by atoms with Crippen LogP contribution in [0.2, 0.25) is 0 Å². The van der Waals surface area contributed by atoms with Gasteiger partial charge in [0.1, 0.15) is 23.9 Å². The molecule has 9 aromatic rings. The third kappa shape index (κ3) is 4.27. The number of oxazole rings is 2. The van der Waals surface area contributed by atoms with Crippen LogP contribution >= 0.6 is 0 Å². The molecule has 46 heavy (non-hydrogen) atoms. The Bertz CT molecular complexity index is 2530. The van der Waals surface area contributed by atoms with Gasteiger partial charge in [-0.25, -0.2) is 9.97 Å². The predicted molar refractivity (Wildman–Crippen MR) is 182 cm³/mol. The maximum Gasteiger partial charge on any atom is 0.181 e. The quantitative estimate of drug-likeness (QED) is 0.185. The van der Waals surface area contributed by atoms with Gasteiger partial charge in [-0.15, -0.1) is 0 Å². The molecule has 216 valence electrons. The topological polar surface area (TPSA) is 77.8 Å². The lowest BCUT2D eigenvalue weighted by Crippen LogP contribution is -1.94. The maximum absolute atomic E-state index is 5.30. The Hall–Kier alpha value is -6.40. The van der Waals surface area contributed by atoms with Crippen LogP contribution in [0, 0.1) is 0 Å². The van der Waals surface area contributed by atoms with Gasteiger partial charge in [-0.3, -0.25) is 9.97 Å². The second-order valence-electron chi connectivity index (χ2n) is 11.3. The van der Waals surface area contributed by atoms with Gasteiger partial charge in [0.15, 0.2) is 12.8 Å². The SMILES string of the molecule is c1ccc2c(-c3ccc4c(-c5cncc(-c6cocn6)c5)c5ccccc5c(-c5cncc(-c6cocn6)c5)c4c3)cccc2c1. The molecular formula is C40H24N4O2. The minimum atomic E-state index is 0.742. The molecule has 0 aliphatic carbocycles. The Morgan fingerprint density at radius 3 is 1.59 bits per heavy atom. The van der Waals surface area contributed by atoms with Crippen LogP contribution in [0.3, 0.4) is 0 Å². The molecule has 6 nitrogen and oxygen atoms in total. The fraction of sp³-hybridized carbons (Fsp3) is 0. The molecule has 4 heterocycles. The van der Waals surface area contributed by atoms with Crippen LogP contribution in [0.4, 0.5) is 0 Å². The molecule has 0 saturated carbocycles. The molecule has 0 radical (unpaired) electrons. The lowest BCUT2D eigenvalue weighted by molar-refractivity contribution is 0.558. The fourth-order valence-corrected chi connectivity index (χ4v) is 6.59. The van der Waals surface area contributed by atoms with Gasteiger partial charge in [-0.2, -0.15) is 0 Å². The average molecular weight is 593 g/mol. The number of nitrogens with zero attached hydrogens (tertiary/aromatic N) is 4. The molecule has 0 amide bonds. The van der Waals surface area contributed by atoms with Crippen LogP contribution in [0.1, 0.15) is 0 Å². The highest BCUT2D eigenvalue weighted by molar-refractivity contribution is 6.22. The first-order valence-electron chi connectivity index (χ1n) is 15.0. The summed E-state index contributed by atoms with van der Waals surface area (Å²) in [4.78, 5) is 18.1. The van der Waals surface area contributed by atoms with Crippen molar-refractivity contribution in [2.45, 2.75) is 0 Å². The van der Waals surface area contributed by atoms with Crippen molar-refractivity contribution in [3.05, 3.63) is 147 Å². The van der Waals surface area contributed by atoms with Gasteiger partial charge in [0.2, 0.25) is 0 Å². The van der Waals surface area contributed by atoms with Crippen molar-refractivity contribution in [3.8, 4) is 55.9 Å². The van der Waals surface area contributed by atoms with Gasteiger partial charge >= 0.3 is 0 Å². The van der Waals surface area contributed by atoms with Gasteiger partial charge in [0.05, 0.1) is 0 Å². The van der Waals surface area contributed by atoms with Crippen LogP contribution < -0.4 is 0 Å². The molecule has 0 saturated heterocycles. The average Bonchev–Trinajstić information content (AvgIpc) is 3.86. The van der Waals surface area contributed by atoms with E-state index in [1.54, 1.807) is 12.5 Å². The molecule has 0 aliphatic rings. The molecule has 4 aromatic heterocycles. The third-order valence-electron chi connectivity index (χ3n) is 8.63. The monoisotopic (exact) mass is 592 g/mol. The van der Waals surface area contributed by atoms with E-state index in [4.69, 9.17) is 8.83 Å². The van der Waals surface area contributed by atoms with E-state index in [9.17, 15) is 0 Å². The van der Waals surface area contributed by atoms with Crippen molar-refractivity contribution in [1.82, 2.24) is 19.9 Å². The molecule has 5 aromatic carbocycles. The van der Waals surface area contributed by atoms with E-state index in [0.717, 1.165) is 71.9 Å². The van der Waals surface area contributed by atoms with E-state index in [-0.39, 0.29) is 0 Å². The molecule has 0 N–H and O–H groups in total. The highest BCUT2D eigenvalue weighted by Crippen LogP contribution is 2.46. The van der Waals surface area contributed by atoms with E-state index in [1.165, 1.54) is 29.1 Å². The van der Waals surface area contributed by atoms with E-state index >= 15 is 0 Å². The Morgan fingerprint density at radius 1 is 0.413 bits per heavy atom. The molecule has 0 atom stereocenters. The molecule has 9 rings (SSSR count). The van der Waals surface area contributed by atoms with Crippen LogP contribution in [-0.2, 0) is 0 Å². The Labute approximate surface area is 263 Å². The summed E-state index contributed by atoms with van der Waals surface area (Å²) in [5.41, 5.74) is 9.81. The molecule has 0 aliphatic heterocycles. The van der Waals surface area contributed by atoms with Crippen molar-refractivity contribution in [2.75, 3.05) is 0 Å². The summed E-state index contributed by atoms with van der Waals surface area (Å²) in [5, 5.41) is 6.89. The molecule has 0 fully saturated rings. The van der Waals surface area contributed by atoms with Gasteiger partial charge in [-0.05, 0) is 72.8 Å². The van der Waals surface area contributed by atoms with Gasteiger partial charge < -0.3 is 8.83 Å². The fourth-order valence-electron chi connectivity index (χ4n) is 6.59. The summed E-state index contributed by atoms with van der Waals surface area (Å²) >= 11 is 0. The molecule has 0 spiro atoms. The summed E-state index contributed by atoms with van der Waals surface area (Å²) in [7, 11) is 0. The number of hydrogen-bond donors (Lipinski definition) is 0. The summed E-state index contributed by atoms with van der Waals surface area (Å²) < 4.78 is 10.6. The highest BCUT2D eigenvalue weighted by atomic mass is 16.3. The lowest BCUT2D eigenvalue weighted by Gasteiger charge is -2.19. The smallest absolute Gasteiger partial charge is 0.181 e. The number of rotatable bonds is 5. The normalized spacial score (nSPS) is 11.5. The van der Waals surface area contributed by atoms with Crippen molar-refractivity contribution >= 4 is 32.3 Å². The molecule has 0 bridgehead atoms. The minimum absolute atomic E-state index is 0.742. The summed E-state index contributed by atoms with van der Waals surface area (Å²) in [6, 6.07) is 34.6. The van der Waals surface area contributed by atoms with Crippen molar-refractivity contribution in [3.63, 3.8) is 0 Å². The van der Waals surface area contributed by atoms with Crippen LogP contribution in [0.15, 0.2) is 156 Å². The zero-order valence-corrected chi connectivity index (χ0v) is 24.5. The Morgan fingerprint density at radius 2 is 0.957 bits per heavy atom. The number of fused-ring (bicyclic) bond motifs is 3. The Balaban J connectivity index is 1.38. The molecular weight excluding hydrogens is 568 g/mol. The number of pyridine rings is 2. The van der Waals surface area contributed by atoms with Crippen molar-refractivity contribution < 1.29 is 8.83 Å². The van der Waals surface area contributed by atoms with Gasteiger partial charge in [-0.1, -0.05) is 78.9 Å². The zero-order chi connectivity index (χ0) is 30.5. The number of benzene rings is 5. The second kappa shape index (κ2) is 10.6. The second-order valence-corrected chi connectivity index (χ2v) is 11.3. The van der Waals surface area contributed by atoms with Crippen LogP contribution in [0.25, 0.3) is 88.2 Å². The highest BCUT2D eigenvalue weighted by Gasteiger charge is 2.19. The minimum Gasteiger partial charge on any atom is -0.451 e. The van der Waals surface area contributed by atoms with Crippen molar-refractivity contribution in [2.24, 2.45) is 0 Å². The van der Waals surface area contributed by atoms with E-state index in [2.05, 4.69) is 117 Å². The van der Waals surface area contributed by atoms with Crippen molar-refractivity contribution in [1.29, 1.82) is 0 Å². The summed E-state index contributed by atoms with van der Waals surface area (Å²) in [6.07, 6.45) is 13.7. The first-order chi connectivity index (χ1) is 22.8. The molecule has 6 heteroatoms. The van der Waals surface area contributed by atoms with Crippen LogP contribution in [0.5, 0.6) is 0 Å². The maximum atomic E-state index is 5.30. The number of aromatic nitrogens is 4. The lowest BCUT2D eigenvalue weighted by atomic mass is 9.84. The van der Waals surface area contributed by atoms with E-state index in [0.29, 0.717) is 0 Å². The standard InChI is InChI=1S/C40H24N4O2/c1-2-8-31-25(6-1)7-5-11-32(31)26-12-13-35-36(16-26)40(30-15-28(18-42-20-30)38-22-46-24-44-38)34-10-4-3-9-33(34)39(35)29-14-27(17-41-19-29)37-21-45-23-43-37/h1-24H. The zero-order valence-electron chi connectivity index (χ0n) is 24.5. The van der Waals surface area contributed by atoms with Crippen LogP contribution in [-0.4, -0.2) is 19.9 Å². The molecule has 0 unspecified atom stereocenters.